The standard InChI is InChI=1S/C16H31N7/c1-5-15-20-19-13-23(15)11-9-18-16(17-3)21(4)12-14-8-7-10-22(14)6-2/h13-14H,5-12H2,1-4H3,(H,17,18). The number of aryl methyl sites for hydroxylation is 1. The van der Waals surface area contributed by atoms with Gasteiger partial charge in [0.2, 0.25) is 0 Å². The molecule has 1 saturated heterocycles. The number of rotatable bonds is 7. The number of likely N-dealkylation sites (N-methyl/N-ethyl adjacent to an activating group) is 2. The summed E-state index contributed by atoms with van der Waals surface area (Å²) < 4.78 is 2.09. The Morgan fingerprint density at radius 1 is 1.48 bits per heavy atom. The molecule has 2 heterocycles. The molecule has 0 spiro atoms. The fourth-order valence-electron chi connectivity index (χ4n) is 3.33. The second-order valence-corrected chi connectivity index (χ2v) is 6.07. The highest BCUT2D eigenvalue weighted by Crippen LogP contribution is 2.17. The van der Waals surface area contributed by atoms with Gasteiger partial charge < -0.3 is 14.8 Å². The van der Waals surface area contributed by atoms with Crippen LogP contribution in [0.1, 0.15) is 32.5 Å². The Morgan fingerprint density at radius 3 is 3.00 bits per heavy atom. The normalized spacial score (nSPS) is 19.3. The maximum atomic E-state index is 4.41. The lowest BCUT2D eigenvalue weighted by Crippen LogP contribution is -2.46. The molecular formula is C16H31N7. The van der Waals surface area contributed by atoms with Gasteiger partial charge in [-0.15, -0.1) is 10.2 Å². The quantitative estimate of drug-likeness (QED) is 0.595. The second kappa shape index (κ2) is 8.86. The molecule has 0 aromatic carbocycles. The molecule has 1 aromatic heterocycles. The maximum absolute atomic E-state index is 4.41. The SMILES string of the molecule is CCc1nncn1CCNC(=NC)N(C)CC1CCCN1CC. The van der Waals surface area contributed by atoms with Gasteiger partial charge in [0.1, 0.15) is 12.2 Å². The van der Waals surface area contributed by atoms with Crippen molar-refractivity contribution in [2.45, 2.75) is 45.7 Å². The van der Waals surface area contributed by atoms with Gasteiger partial charge >= 0.3 is 0 Å². The van der Waals surface area contributed by atoms with E-state index in [2.05, 4.69) is 55.8 Å². The molecule has 1 fully saturated rings. The summed E-state index contributed by atoms with van der Waals surface area (Å²) in [7, 11) is 3.97. The van der Waals surface area contributed by atoms with Gasteiger partial charge in [-0.3, -0.25) is 9.89 Å². The van der Waals surface area contributed by atoms with Crippen LogP contribution in [0.4, 0.5) is 0 Å². The highest BCUT2D eigenvalue weighted by atomic mass is 15.3. The third-order valence-corrected chi connectivity index (χ3v) is 4.61. The third kappa shape index (κ3) is 4.67. The molecule has 1 aliphatic heterocycles. The summed E-state index contributed by atoms with van der Waals surface area (Å²) in [6.07, 6.45) is 5.30. The molecule has 23 heavy (non-hydrogen) atoms. The van der Waals surface area contributed by atoms with E-state index < -0.39 is 0 Å². The van der Waals surface area contributed by atoms with E-state index in [1.807, 2.05) is 7.05 Å². The zero-order valence-electron chi connectivity index (χ0n) is 15.0. The molecule has 0 amide bonds. The van der Waals surface area contributed by atoms with Crippen molar-refractivity contribution >= 4 is 5.96 Å². The molecule has 1 N–H and O–H groups in total. The van der Waals surface area contributed by atoms with Crippen LogP contribution in [-0.4, -0.2) is 76.8 Å². The molecule has 0 radical (unpaired) electrons. The summed E-state index contributed by atoms with van der Waals surface area (Å²) in [4.78, 5) is 9.22. The molecule has 1 aliphatic rings. The van der Waals surface area contributed by atoms with Crippen LogP contribution in [-0.2, 0) is 13.0 Å². The predicted octanol–water partition coefficient (Wildman–Crippen LogP) is 0.832. The van der Waals surface area contributed by atoms with Crippen molar-refractivity contribution in [3.8, 4) is 0 Å². The van der Waals surface area contributed by atoms with Gasteiger partial charge in [-0.1, -0.05) is 13.8 Å². The van der Waals surface area contributed by atoms with E-state index >= 15 is 0 Å². The van der Waals surface area contributed by atoms with Gasteiger partial charge in [-0.25, -0.2) is 0 Å². The van der Waals surface area contributed by atoms with Crippen molar-refractivity contribution in [2.75, 3.05) is 40.3 Å². The first-order valence-corrected chi connectivity index (χ1v) is 8.72. The Bertz CT molecular complexity index is 496. The Balaban J connectivity index is 1.80. The molecule has 0 saturated carbocycles. The lowest BCUT2D eigenvalue weighted by molar-refractivity contribution is 0.232. The Kier molecular flexibility index (Phi) is 6.83. The Labute approximate surface area is 139 Å². The van der Waals surface area contributed by atoms with Crippen molar-refractivity contribution in [3.63, 3.8) is 0 Å². The van der Waals surface area contributed by atoms with Gasteiger partial charge in [-0.2, -0.15) is 0 Å². The van der Waals surface area contributed by atoms with Crippen molar-refractivity contribution in [2.24, 2.45) is 4.99 Å². The van der Waals surface area contributed by atoms with Crippen LogP contribution >= 0.6 is 0 Å². The third-order valence-electron chi connectivity index (χ3n) is 4.61. The first-order chi connectivity index (χ1) is 11.2. The molecular weight excluding hydrogens is 290 g/mol. The van der Waals surface area contributed by atoms with E-state index in [9.17, 15) is 0 Å². The van der Waals surface area contributed by atoms with E-state index in [1.165, 1.54) is 19.4 Å². The minimum absolute atomic E-state index is 0.646. The highest BCUT2D eigenvalue weighted by molar-refractivity contribution is 5.79. The fraction of sp³-hybridized carbons (Fsp3) is 0.812. The summed E-state index contributed by atoms with van der Waals surface area (Å²) in [5, 5.41) is 11.5. The topological polar surface area (TPSA) is 61.6 Å². The average Bonchev–Trinajstić information content (AvgIpc) is 3.19. The van der Waals surface area contributed by atoms with Gasteiger partial charge in [0.15, 0.2) is 5.96 Å². The zero-order valence-corrected chi connectivity index (χ0v) is 15.0. The lowest BCUT2D eigenvalue weighted by atomic mass is 10.2. The molecule has 1 aromatic rings. The van der Waals surface area contributed by atoms with Crippen molar-refractivity contribution in [1.29, 1.82) is 0 Å². The first-order valence-electron chi connectivity index (χ1n) is 8.72. The Hall–Kier alpha value is -1.63. The number of aliphatic imine (C=N–C) groups is 1. The molecule has 2 rings (SSSR count). The number of aromatic nitrogens is 3. The summed E-state index contributed by atoms with van der Waals surface area (Å²) >= 11 is 0. The van der Waals surface area contributed by atoms with Crippen LogP contribution in [0.15, 0.2) is 11.3 Å². The van der Waals surface area contributed by atoms with Crippen LogP contribution in [0, 0.1) is 0 Å². The largest absolute Gasteiger partial charge is 0.354 e. The van der Waals surface area contributed by atoms with E-state index in [1.54, 1.807) is 6.33 Å². The first kappa shape index (κ1) is 17.7. The average molecular weight is 321 g/mol. The van der Waals surface area contributed by atoms with Crippen molar-refractivity contribution < 1.29 is 0 Å². The number of nitrogens with zero attached hydrogens (tertiary/aromatic N) is 6. The molecule has 0 bridgehead atoms. The second-order valence-electron chi connectivity index (χ2n) is 6.07. The monoisotopic (exact) mass is 321 g/mol. The summed E-state index contributed by atoms with van der Waals surface area (Å²) in [6.45, 7) is 9.42. The minimum atomic E-state index is 0.646. The van der Waals surface area contributed by atoms with Gasteiger partial charge in [0.05, 0.1) is 0 Å². The highest BCUT2D eigenvalue weighted by Gasteiger charge is 2.24. The predicted molar refractivity (Wildman–Crippen MR) is 93.7 cm³/mol. The van der Waals surface area contributed by atoms with E-state index in [0.717, 1.165) is 44.4 Å². The van der Waals surface area contributed by atoms with Crippen LogP contribution in [0.2, 0.25) is 0 Å². The number of nitrogens with one attached hydrogen (secondary N) is 1. The number of guanidine groups is 1. The number of hydrogen-bond donors (Lipinski definition) is 1. The van der Waals surface area contributed by atoms with Crippen LogP contribution in [0.25, 0.3) is 0 Å². The summed E-state index contributed by atoms with van der Waals surface area (Å²) in [6, 6.07) is 0.646. The van der Waals surface area contributed by atoms with Crippen LogP contribution < -0.4 is 5.32 Å². The fourth-order valence-corrected chi connectivity index (χ4v) is 3.33. The van der Waals surface area contributed by atoms with Crippen molar-refractivity contribution in [1.82, 2.24) is 29.9 Å². The zero-order chi connectivity index (χ0) is 16.7. The molecule has 1 unspecified atom stereocenters. The number of hydrogen-bond acceptors (Lipinski definition) is 4. The minimum Gasteiger partial charge on any atom is -0.354 e. The van der Waals surface area contributed by atoms with E-state index in [0.29, 0.717) is 6.04 Å². The van der Waals surface area contributed by atoms with Crippen LogP contribution in [0.3, 0.4) is 0 Å². The number of likely N-dealkylation sites (tertiary alicyclic amines) is 1. The smallest absolute Gasteiger partial charge is 0.193 e. The van der Waals surface area contributed by atoms with Gasteiger partial charge in [0.25, 0.3) is 0 Å². The molecule has 7 heteroatoms. The van der Waals surface area contributed by atoms with Gasteiger partial charge in [0, 0.05) is 46.2 Å². The van der Waals surface area contributed by atoms with E-state index in [-0.39, 0.29) is 0 Å². The molecule has 130 valence electrons. The van der Waals surface area contributed by atoms with Crippen molar-refractivity contribution in [3.05, 3.63) is 12.2 Å². The lowest BCUT2D eigenvalue weighted by Gasteiger charge is -2.29. The maximum Gasteiger partial charge on any atom is 0.193 e. The molecule has 0 aliphatic carbocycles. The van der Waals surface area contributed by atoms with Gasteiger partial charge in [-0.05, 0) is 25.9 Å². The Morgan fingerprint density at radius 2 is 2.30 bits per heavy atom. The molecule has 1 atom stereocenters. The summed E-state index contributed by atoms with van der Waals surface area (Å²) in [5.41, 5.74) is 0. The van der Waals surface area contributed by atoms with Crippen LogP contribution in [0.5, 0.6) is 0 Å². The summed E-state index contributed by atoms with van der Waals surface area (Å²) in [5.74, 6) is 1.98. The van der Waals surface area contributed by atoms with E-state index in [4.69, 9.17) is 0 Å². The molecule has 7 nitrogen and oxygen atoms in total.